The summed E-state index contributed by atoms with van der Waals surface area (Å²) < 4.78 is 10.4. The van der Waals surface area contributed by atoms with Crippen LogP contribution in [0.1, 0.15) is 40.3 Å². The summed E-state index contributed by atoms with van der Waals surface area (Å²) in [5.74, 6) is 1.04. The first-order valence-electron chi connectivity index (χ1n) is 18.8. The van der Waals surface area contributed by atoms with E-state index >= 15 is 0 Å². The number of benzene rings is 7. The number of allylic oxidation sites excluding steroid dienone is 4. The van der Waals surface area contributed by atoms with Crippen LogP contribution in [0.2, 0.25) is 0 Å². The van der Waals surface area contributed by atoms with Crippen LogP contribution in [0.3, 0.4) is 0 Å². The van der Waals surface area contributed by atoms with Crippen molar-refractivity contribution in [3.63, 3.8) is 0 Å². The first-order valence-corrected chi connectivity index (χ1v) is 18.8. The van der Waals surface area contributed by atoms with Crippen LogP contribution in [0, 0.1) is 0 Å². The highest BCUT2D eigenvalue weighted by Crippen LogP contribution is 2.36. The summed E-state index contributed by atoms with van der Waals surface area (Å²) in [6, 6.07) is 57.3. The number of esters is 1. The van der Waals surface area contributed by atoms with E-state index in [-0.39, 0.29) is 5.97 Å². The molecule has 0 N–H and O–H groups in total. The fourth-order valence-corrected chi connectivity index (χ4v) is 6.38. The molecule has 0 radical (unpaired) electrons. The summed E-state index contributed by atoms with van der Waals surface area (Å²) in [4.78, 5) is 11.2. The van der Waals surface area contributed by atoms with Gasteiger partial charge in [-0.1, -0.05) is 176 Å². The summed E-state index contributed by atoms with van der Waals surface area (Å²) in [6.07, 6.45) is 16.5. The average Bonchev–Trinajstić information content (AvgIpc) is 3.26. The first kappa shape index (κ1) is 37.8. The third-order valence-electron chi connectivity index (χ3n) is 9.22. The number of fused-ring (bicyclic) bond motifs is 1. The summed E-state index contributed by atoms with van der Waals surface area (Å²) in [5, 5.41) is 9.74. The molecular weight excluding hydrogens is 701 g/mol. The Morgan fingerprint density at radius 1 is 0.509 bits per heavy atom. The van der Waals surface area contributed by atoms with E-state index in [1.165, 1.54) is 6.92 Å². The van der Waals surface area contributed by atoms with Gasteiger partial charge in [-0.2, -0.15) is 5.10 Å². The fourth-order valence-electron chi connectivity index (χ4n) is 6.38. The lowest BCUT2D eigenvalue weighted by Crippen LogP contribution is -2.15. The largest absolute Gasteiger partial charge is 0.497 e. The van der Waals surface area contributed by atoms with Crippen molar-refractivity contribution < 1.29 is 14.3 Å². The maximum atomic E-state index is 11.2. The van der Waals surface area contributed by atoms with Gasteiger partial charge in [0.05, 0.1) is 24.2 Å². The van der Waals surface area contributed by atoms with E-state index in [4.69, 9.17) is 14.6 Å². The highest BCUT2D eigenvalue weighted by Gasteiger charge is 2.17. The summed E-state index contributed by atoms with van der Waals surface area (Å²) in [5.41, 5.74) is 9.07. The van der Waals surface area contributed by atoms with E-state index < -0.39 is 0 Å². The number of methoxy groups -OCH3 is 1. The number of carbonyl (C=O) groups excluding carboxylic acids is 1. The average molecular weight is 743 g/mol. The molecule has 0 aromatic heterocycles. The highest BCUT2D eigenvalue weighted by atomic mass is 16.5. The lowest BCUT2D eigenvalue weighted by atomic mass is 10.0. The third-order valence-corrected chi connectivity index (χ3v) is 9.22. The Morgan fingerprint density at radius 2 is 0.982 bits per heavy atom. The summed E-state index contributed by atoms with van der Waals surface area (Å²) in [7, 11) is 1.68. The molecule has 0 saturated carbocycles. The van der Waals surface area contributed by atoms with Gasteiger partial charge in [0.2, 0.25) is 0 Å². The van der Waals surface area contributed by atoms with Crippen LogP contribution in [0.15, 0.2) is 199 Å². The minimum Gasteiger partial charge on any atom is -0.497 e. The van der Waals surface area contributed by atoms with Gasteiger partial charge in [-0.05, 0) is 70.1 Å². The van der Waals surface area contributed by atoms with Crippen molar-refractivity contribution in [1.29, 1.82) is 0 Å². The van der Waals surface area contributed by atoms with Gasteiger partial charge in [0, 0.05) is 23.4 Å². The topological polar surface area (TPSA) is 51.1 Å². The molecule has 278 valence electrons. The Labute approximate surface area is 334 Å². The molecule has 7 aromatic rings. The molecule has 0 spiro atoms. The van der Waals surface area contributed by atoms with Crippen molar-refractivity contribution in [2.24, 2.45) is 5.10 Å². The number of ether oxygens (including phenoxy) is 2. The summed E-state index contributed by atoms with van der Waals surface area (Å²) in [6.45, 7) is 1.40. The minimum atomic E-state index is -0.334. The van der Waals surface area contributed by atoms with E-state index in [0.717, 1.165) is 67.0 Å². The van der Waals surface area contributed by atoms with Crippen LogP contribution < -0.4 is 14.5 Å². The van der Waals surface area contributed by atoms with E-state index in [1.807, 2.05) is 91.0 Å². The van der Waals surface area contributed by atoms with Crippen LogP contribution in [-0.2, 0) is 4.79 Å². The quantitative estimate of drug-likeness (QED) is 0.0388. The number of anilines is 2. The predicted octanol–water partition coefficient (Wildman–Crippen LogP) is 12.8. The SMILES string of the molecule is COc1ccc(C=CC=Cc2ccc(N(N=C(c3ccccc3)c3ccccc3)c3ccc(C=CC=Cc4ccc(OC(C)=O)cc4)cc3)c3ccccc23)cc1. The Kier molecular flexibility index (Phi) is 12.4. The van der Waals surface area contributed by atoms with Gasteiger partial charge in [-0.25, -0.2) is 5.01 Å². The standard InChI is InChI=1S/C52H42N2O3/c1-39(55)57-48-36-29-42(30-37-48)16-10-9-15-40-25-32-46(33-26-40)54(53-52(44-19-5-3-6-20-44)45-21-7-4-8-22-45)51-38-31-43(49-23-13-14-24-50(49)51)18-12-11-17-41-27-34-47(56-2)35-28-41/h3-38H,1-2H3. The lowest BCUT2D eigenvalue weighted by Gasteiger charge is -2.24. The second-order valence-corrected chi connectivity index (χ2v) is 13.2. The second-order valence-electron chi connectivity index (χ2n) is 13.2. The molecule has 5 heteroatoms. The molecule has 7 aromatic carbocycles. The zero-order valence-corrected chi connectivity index (χ0v) is 31.9. The third kappa shape index (κ3) is 9.98. The van der Waals surface area contributed by atoms with Crippen LogP contribution >= 0.6 is 0 Å². The van der Waals surface area contributed by atoms with Gasteiger partial charge in [-0.15, -0.1) is 0 Å². The molecule has 0 bridgehead atoms. The normalized spacial score (nSPS) is 11.5. The Hall–Kier alpha value is -7.50. The van der Waals surface area contributed by atoms with Crippen LogP contribution in [0.4, 0.5) is 11.4 Å². The monoisotopic (exact) mass is 742 g/mol. The molecule has 0 aliphatic rings. The smallest absolute Gasteiger partial charge is 0.308 e. The molecule has 0 atom stereocenters. The molecule has 0 amide bonds. The Bertz CT molecular complexity index is 2530. The molecule has 0 aliphatic carbocycles. The first-order chi connectivity index (χ1) is 28.0. The van der Waals surface area contributed by atoms with Crippen molar-refractivity contribution in [1.82, 2.24) is 0 Å². The van der Waals surface area contributed by atoms with E-state index in [0.29, 0.717) is 5.75 Å². The van der Waals surface area contributed by atoms with Crippen LogP contribution in [0.5, 0.6) is 11.5 Å². The van der Waals surface area contributed by atoms with Crippen LogP contribution in [-0.4, -0.2) is 18.8 Å². The number of nitrogens with zero attached hydrogens (tertiary/aromatic N) is 2. The van der Waals surface area contributed by atoms with Gasteiger partial charge in [0.15, 0.2) is 0 Å². The molecule has 57 heavy (non-hydrogen) atoms. The highest BCUT2D eigenvalue weighted by molar-refractivity contribution is 6.14. The number of hydrazone groups is 1. The van der Waals surface area contributed by atoms with E-state index in [2.05, 4.69) is 120 Å². The van der Waals surface area contributed by atoms with Gasteiger partial charge in [0.1, 0.15) is 11.5 Å². The van der Waals surface area contributed by atoms with Crippen molar-refractivity contribution >= 4 is 58.1 Å². The molecule has 0 aliphatic heterocycles. The van der Waals surface area contributed by atoms with Crippen molar-refractivity contribution in [3.05, 3.63) is 228 Å². The van der Waals surface area contributed by atoms with E-state index in [1.54, 1.807) is 19.2 Å². The van der Waals surface area contributed by atoms with Gasteiger partial charge in [0.25, 0.3) is 0 Å². The van der Waals surface area contributed by atoms with Crippen molar-refractivity contribution in [2.75, 3.05) is 12.1 Å². The molecule has 0 unspecified atom stereocenters. The molecular formula is C52H42N2O3. The second kappa shape index (κ2) is 18.7. The number of hydrogen-bond donors (Lipinski definition) is 0. The van der Waals surface area contributed by atoms with Crippen molar-refractivity contribution in [2.45, 2.75) is 6.92 Å². The fraction of sp³-hybridized carbons (Fsp3) is 0.0385. The zero-order valence-electron chi connectivity index (χ0n) is 31.9. The van der Waals surface area contributed by atoms with Crippen molar-refractivity contribution in [3.8, 4) is 11.5 Å². The molecule has 0 saturated heterocycles. The maximum absolute atomic E-state index is 11.2. The zero-order chi connectivity index (χ0) is 39.2. The molecule has 0 heterocycles. The number of rotatable bonds is 13. The Balaban J connectivity index is 1.23. The summed E-state index contributed by atoms with van der Waals surface area (Å²) >= 11 is 0. The molecule has 5 nitrogen and oxygen atoms in total. The van der Waals surface area contributed by atoms with Crippen LogP contribution in [0.25, 0.3) is 35.1 Å². The predicted molar refractivity (Wildman–Crippen MR) is 238 cm³/mol. The number of carbonyl (C=O) groups is 1. The molecule has 7 rings (SSSR count). The van der Waals surface area contributed by atoms with E-state index in [9.17, 15) is 4.79 Å². The maximum Gasteiger partial charge on any atom is 0.308 e. The minimum absolute atomic E-state index is 0.334. The Morgan fingerprint density at radius 3 is 1.51 bits per heavy atom. The van der Waals surface area contributed by atoms with Gasteiger partial charge in [-0.3, -0.25) is 4.79 Å². The number of hydrogen-bond acceptors (Lipinski definition) is 5. The molecule has 0 fully saturated rings. The van der Waals surface area contributed by atoms with Gasteiger partial charge < -0.3 is 9.47 Å². The lowest BCUT2D eigenvalue weighted by molar-refractivity contribution is -0.131. The van der Waals surface area contributed by atoms with Gasteiger partial charge >= 0.3 is 5.97 Å².